The standard InChI is InChI=1S/C9H15BrN4O/c1-6(4-14(2)3)13-8-7(10)9(15)12-5-11-8/h5-6H,4H2,1-3H3,(H2,11,12,13,15). The van der Waals surface area contributed by atoms with Gasteiger partial charge in [-0.05, 0) is 36.9 Å². The van der Waals surface area contributed by atoms with E-state index in [0.717, 1.165) is 6.54 Å². The van der Waals surface area contributed by atoms with E-state index in [1.165, 1.54) is 6.33 Å². The minimum atomic E-state index is -0.176. The summed E-state index contributed by atoms with van der Waals surface area (Å²) in [5, 5.41) is 3.16. The van der Waals surface area contributed by atoms with Gasteiger partial charge in [0, 0.05) is 12.6 Å². The normalized spacial score (nSPS) is 12.9. The summed E-state index contributed by atoms with van der Waals surface area (Å²) in [7, 11) is 4.00. The topological polar surface area (TPSA) is 61.0 Å². The number of H-pyrrole nitrogens is 1. The molecule has 0 aliphatic rings. The summed E-state index contributed by atoms with van der Waals surface area (Å²) >= 11 is 3.19. The van der Waals surface area contributed by atoms with Crippen molar-refractivity contribution in [1.82, 2.24) is 14.9 Å². The molecule has 1 unspecified atom stereocenters. The molecule has 1 atom stereocenters. The van der Waals surface area contributed by atoms with Gasteiger partial charge >= 0.3 is 0 Å². The Morgan fingerprint density at radius 3 is 2.93 bits per heavy atom. The summed E-state index contributed by atoms with van der Waals surface area (Å²) in [6, 6.07) is 0.227. The lowest BCUT2D eigenvalue weighted by Gasteiger charge is -2.18. The second kappa shape index (κ2) is 5.27. The zero-order chi connectivity index (χ0) is 11.4. The van der Waals surface area contributed by atoms with E-state index in [4.69, 9.17) is 0 Å². The zero-order valence-corrected chi connectivity index (χ0v) is 10.6. The monoisotopic (exact) mass is 274 g/mol. The Morgan fingerprint density at radius 2 is 2.33 bits per heavy atom. The lowest BCUT2D eigenvalue weighted by Crippen LogP contribution is -2.30. The van der Waals surface area contributed by atoms with Crippen LogP contribution in [0.1, 0.15) is 6.92 Å². The van der Waals surface area contributed by atoms with Gasteiger partial charge in [0.25, 0.3) is 5.56 Å². The van der Waals surface area contributed by atoms with Gasteiger partial charge in [0.1, 0.15) is 10.3 Å². The number of aromatic nitrogens is 2. The maximum Gasteiger partial charge on any atom is 0.267 e. The second-order valence-electron chi connectivity index (χ2n) is 3.70. The van der Waals surface area contributed by atoms with E-state index in [-0.39, 0.29) is 11.6 Å². The molecule has 0 spiro atoms. The second-order valence-corrected chi connectivity index (χ2v) is 4.49. The van der Waals surface area contributed by atoms with Crippen molar-refractivity contribution in [2.24, 2.45) is 0 Å². The number of anilines is 1. The lowest BCUT2D eigenvalue weighted by atomic mass is 10.3. The van der Waals surface area contributed by atoms with Crippen molar-refractivity contribution in [1.29, 1.82) is 0 Å². The van der Waals surface area contributed by atoms with Crippen LogP contribution in [0.15, 0.2) is 15.6 Å². The molecule has 0 aromatic carbocycles. The fourth-order valence-electron chi connectivity index (χ4n) is 1.31. The largest absolute Gasteiger partial charge is 0.365 e. The number of aromatic amines is 1. The van der Waals surface area contributed by atoms with Crippen molar-refractivity contribution in [2.75, 3.05) is 26.0 Å². The van der Waals surface area contributed by atoms with Crippen LogP contribution < -0.4 is 10.9 Å². The van der Waals surface area contributed by atoms with Crippen LogP contribution in [0, 0.1) is 0 Å². The SMILES string of the molecule is CC(CN(C)C)Nc1nc[nH]c(=O)c1Br. The molecule has 6 heteroatoms. The molecule has 0 saturated heterocycles. The molecule has 0 saturated carbocycles. The Balaban J connectivity index is 2.72. The van der Waals surface area contributed by atoms with Gasteiger partial charge in [0.15, 0.2) is 0 Å². The molecular weight excluding hydrogens is 260 g/mol. The fraction of sp³-hybridized carbons (Fsp3) is 0.556. The number of halogens is 1. The molecule has 1 heterocycles. The van der Waals surface area contributed by atoms with Crippen molar-refractivity contribution in [3.63, 3.8) is 0 Å². The number of rotatable bonds is 4. The first kappa shape index (κ1) is 12.2. The van der Waals surface area contributed by atoms with Crippen LogP contribution in [-0.2, 0) is 0 Å². The Labute approximate surface area is 97.0 Å². The molecule has 0 amide bonds. The molecule has 84 valence electrons. The van der Waals surface area contributed by atoms with Gasteiger partial charge in [0.2, 0.25) is 0 Å². The predicted molar refractivity (Wildman–Crippen MR) is 64.2 cm³/mol. The Hall–Kier alpha value is -0.880. The molecule has 1 aromatic rings. The van der Waals surface area contributed by atoms with Crippen LogP contribution in [0.5, 0.6) is 0 Å². The van der Waals surface area contributed by atoms with Gasteiger partial charge in [0.05, 0.1) is 6.33 Å². The molecule has 15 heavy (non-hydrogen) atoms. The molecule has 0 aliphatic heterocycles. The first-order valence-corrected chi connectivity index (χ1v) is 5.44. The van der Waals surface area contributed by atoms with E-state index < -0.39 is 0 Å². The van der Waals surface area contributed by atoms with Crippen molar-refractivity contribution in [3.05, 3.63) is 21.2 Å². The summed E-state index contributed by atoms with van der Waals surface area (Å²) < 4.78 is 0.440. The highest BCUT2D eigenvalue weighted by Gasteiger charge is 2.08. The van der Waals surface area contributed by atoms with Crippen LogP contribution in [-0.4, -0.2) is 41.5 Å². The molecule has 1 rings (SSSR count). The van der Waals surface area contributed by atoms with Gasteiger partial charge in [-0.1, -0.05) is 0 Å². The smallest absolute Gasteiger partial charge is 0.267 e. The number of likely N-dealkylation sites (N-methyl/N-ethyl adjacent to an activating group) is 1. The maximum atomic E-state index is 11.3. The van der Waals surface area contributed by atoms with E-state index in [2.05, 4.69) is 36.1 Å². The molecule has 2 N–H and O–H groups in total. The average Bonchev–Trinajstić information content (AvgIpc) is 2.11. The van der Waals surface area contributed by atoms with Gasteiger partial charge < -0.3 is 15.2 Å². The zero-order valence-electron chi connectivity index (χ0n) is 9.04. The van der Waals surface area contributed by atoms with Crippen LogP contribution in [0.4, 0.5) is 5.82 Å². The molecule has 0 bridgehead atoms. The van der Waals surface area contributed by atoms with Crippen LogP contribution >= 0.6 is 15.9 Å². The van der Waals surface area contributed by atoms with Gasteiger partial charge in [-0.2, -0.15) is 0 Å². The molecular formula is C9H15BrN4O. The maximum absolute atomic E-state index is 11.3. The van der Waals surface area contributed by atoms with Gasteiger partial charge in [-0.25, -0.2) is 4.98 Å². The van der Waals surface area contributed by atoms with E-state index >= 15 is 0 Å². The van der Waals surface area contributed by atoms with Crippen LogP contribution in [0.2, 0.25) is 0 Å². The third-order valence-electron chi connectivity index (χ3n) is 1.82. The summed E-state index contributed by atoms with van der Waals surface area (Å²) in [6.07, 6.45) is 1.39. The van der Waals surface area contributed by atoms with E-state index in [0.29, 0.717) is 10.3 Å². The molecule has 0 aliphatic carbocycles. The highest BCUT2D eigenvalue weighted by Crippen LogP contribution is 2.14. The highest BCUT2D eigenvalue weighted by atomic mass is 79.9. The summed E-state index contributed by atoms with van der Waals surface area (Å²) in [5.41, 5.74) is -0.176. The third kappa shape index (κ3) is 3.64. The van der Waals surface area contributed by atoms with Crippen molar-refractivity contribution in [3.8, 4) is 0 Å². The Bertz CT molecular complexity index is 377. The summed E-state index contributed by atoms with van der Waals surface area (Å²) in [4.78, 5) is 19.9. The molecule has 0 fully saturated rings. The predicted octanol–water partition coefficient (Wildman–Crippen LogP) is 0.894. The van der Waals surface area contributed by atoms with Crippen LogP contribution in [0.3, 0.4) is 0 Å². The minimum Gasteiger partial charge on any atom is -0.365 e. The van der Waals surface area contributed by atoms with E-state index in [9.17, 15) is 4.79 Å². The Kier molecular flexibility index (Phi) is 4.28. The van der Waals surface area contributed by atoms with Crippen molar-refractivity contribution >= 4 is 21.7 Å². The lowest BCUT2D eigenvalue weighted by molar-refractivity contribution is 0.392. The fourth-order valence-corrected chi connectivity index (χ4v) is 1.64. The molecule has 0 radical (unpaired) electrons. The molecule has 1 aromatic heterocycles. The summed E-state index contributed by atoms with van der Waals surface area (Å²) in [6.45, 7) is 2.91. The van der Waals surface area contributed by atoms with Gasteiger partial charge in [-0.3, -0.25) is 4.79 Å². The quantitative estimate of drug-likeness (QED) is 0.857. The molecule has 5 nitrogen and oxygen atoms in total. The first-order valence-electron chi connectivity index (χ1n) is 4.65. The van der Waals surface area contributed by atoms with E-state index in [1.807, 2.05) is 21.0 Å². The summed E-state index contributed by atoms with van der Waals surface area (Å²) in [5.74, 6) is 0.577. The first-order chi connectivity index (χ1) is 7.00. The third-order valence-corrected chi connectivity index (χ3v) is 2.55. The van der Waals surface area contributed by atoms with Crippen LogP contribution in [0.25, 0.3) is 0 Å². The van der Waals surface area contributed by atoms with Gasteiger partial charge in [-0.15, -0.1) is 0 Å². The van der Waals surface area contributed by atoms with E-state index in [1.54, 1.807) is 0 Å². The Morgan fingerprint density at radius 1 is 1.67 bits per heavy atom. The van der Waals surface area contributed by atoms with Crippen molar-refractivity contribution < 1.29 is 0 Å². The number of hydrogen-bond donors (Lipinski definition) is 2. The van der Waals surface area contributed by atoms with Crippen molar-refractivity contribution in [2.45, 2.75) is 13.0 Å². The number of hydrogen-bond acceptors (Lipinski definition) is 4. The number of nitrogens with zero attached hydrogens (tertiary/aromatic N) is 2. The highest BCUT2D eigenvalue weighted by molar-refractivity contribution is 9.10. The number of nitrogens with one attached hydrogen (secondary N) is 2. The average molecular weight is 275 g/mol. The minimum absolute atomic E-state index is 0.176.